The number of hydrogen-bond acceptors (Lipinski definition) is 5. The summed E-state index contributed by atoms with van der Waals surface area (Å²) >= 11 is 0. The number of likely N-dealkylation sites (tertiary alicyclic amines) is 1. The molecule has 146 valence electrons. The highest BCUT2D eigenvalue weighted by Crippen LogP contribution is 2.40. The molecule has 0 aliphatic carbocycles. The number of benzene rings is 2. The van der Waals surface area contributed by atoms with Crippen LogP contribution in [0.25, 0.3) is 6.08 Å². The normalized spacial score (nSPS) is 20.9. The van der Waals surface area contributed by atoms with Crippen molar-refractivity contribution in [1.82, 2.24) is 4.90 Å². The summed E-state index contributed by atoms with van der Waals surface area (Å²) in [5.41, 5.74) is 2.02. The van der Waals surface area contributed by atoms with Gasteiger partial charge in [-0.15, -0.1) is 0 Å². The van der Waals surface area contributed by atoms with Crippen molar-refractivity contribution < 1.29 is 19.4 Å². The lowest BCUT2D eigenvalue weighted by Gasteiger charge is -2.31. The summed E-state index contributed by atoms with van der Waals surface area (Å²) in [5.74, 6) is 2.12. The zero-order valence-electron chi connectivity index (χ0n) is 16.3. The van der Waals surface area contributed by atoms with Crippen LogP contribution in [0.2, 0.25) is 0 Å². The van der Waals surface area contributed by atoms with Crippen LogP contribution in [-0.2, 0) is 6.54 Å². The van der Waals surface area contributed by atoms with Crippen LogP contribution in [0.1, 0.15) is 41.3 Å². The van der Waals surface area contributed by atoms with Crippen LogP contribution in [0, 0.1) is 5.92 Å². The molecule has 0 unspecified atom stereocenters. The number of allylic oxidation sites excluding steroid dienone is 1. The Morgan fingerprint density at radius 1 is 1.32 bits per heavy atom. The number of ketones is 1. The van der Waals surface area contributed by atoms with Gasteiger partial charge in [-0.1, -0.05) is 19.1 Å². The minimum Gasteiger partial charge on any atom is -0.507 e. The van der Waals surface area contributed by atoms with Gasteiger partial charge in [0, 0.05) is 13.1 Å². The fourth-order valence-corrected chi connectivity index (χ4v) is 3.99. The molecule has 1 N–H and O–H groups in total. The number of rotatable bonds is 4. The Bertz CT molecular complexity index is 934. The first-order valence-corrected chi connectivity index (χ1v) is 9.70. The van der Waals surface area contributed by atoms with Crippen molar-refractivity contribution in [2.75, 3.05) is 20.2 Å². The fraction of sp³-hybridized carbons (Fsp3) is 0.348. The van der Waals surface area contributed by atoms with E-state index < -0.39 is 0 Å². The van der Waals surface area contributed by atoms with Crippen LogP contribution in [-0.4, -0.2) is 36.0 Å². The van der Waals surface area contributed by atoms with E-state index >= 15 is 0 Å². The third-order valence-corrected chi connectivity index (χ3v) is 5.43. The topological polar surface area (TPSA) is 59.0 Å². The molecule has 2 aromatic rings. The van der Waals surface area contributed by atoms with Crippen LogP contribution in [0.4, 0.5) is 0 Å². The summed E-state index contributed by atoms with van der Waals surface area (Å²) in [6.07, 6.45) is 4.10. The van der Waals surface area contributed by atoms with E-state index in [1.54, 1.807) is 25.3 Å². The number of carbonyl (C=O) groups is 1. The van der Waals surface area contributed by atoms with E-state index in [0.29, 0.717) is 29.3 Å². The van der Waals surface area contributed by atoms with Crippen molar-refractivity contribution in [1.29, 1.82) is 0 Å². The summed E-state index contributed by atoms with van der Waals surface area (Å²) in [7, 11) is 1.61. The van der Waals surface area contributed by atoms with Gasteiger partial charge in [0.25, 0.3) is 0 Å². The predicted octanol–water partition coefficient (Wildman–Crippen LogP) is 4.25. The summed E-state index contributed by atoms with van der Waals surface area (Å²) in [4.78, 5) is 15.2. The Hall–Kier alpha value is -2.79. The Morgan fingerprint density at radius 3 is 2.96 bits per heavy atom. The number of methoxy groups -OCH3 is 1. The van der Waals surface area contributed by atoms with Gasteiger partial charge in [-0.3, -0.25) is 9.69 Å². The number of carbonyl (C=O) groups excluding carboxylic acids is 1. The second-order valence-electron chi connectivity index (χ2n) is 7.64. The molecule has 1 fully saturated rings. The van der Waals surface area contributed by atoms with Crippen molar-refractivity contribution in [2.24, 2.45) is 5.92 Å². The number of phenols is 1. The maximum absolute atomic E-state index is 12.8. The fourth-order valence-electron chi connectivity index (χ4n) is 3.99. The summed E-state index contributed by atoms with van der Waals surface area (Å²) in [6, 6.07) is 10.7. The number of ether oxygens (including phenoxy) is 2. The number of nitrogens with zero attached hydrogens (tertiary/aromatic N) is 1. The molecule has 0 amide bonds. The van der Waals surface area contributed by atoms with Gasteiger partial charge in [-0.2, -0.15) is 0 Å². The molecular weight excluding hydrogens is 354 g/mol. The lowest BCUT2D eigenvalue weighted by atomic mass is 9.99. The van der Waals surface area contributed by atoms with Crippen molar-refractivity contribution in [3.63, 3.8) is 0 Å². The number of aromatic hydroxyl groups is 1. The molecule has 0 aromatic heterocycles. The molecule has 5 heteroatoms. The van der Waals surface area contributed by atoms with Crippen molar-refractivity contribution in [3.05, 3.63) is 58.8 Å². The Labute approximate surface area is 165 Å². The first kappa shape index (κ1) is 18.6. The lowest BCUT2D eigenvalue weighted by molar-refractivity contribution is 0.101. The molecule has 2 aliphatic heterocycles. The molecule has 2 aromatic carbocycles. The highest BCUT2D eigenvalue weighted by molar-refractivity contribution is 6.15. The molecule has 0 saturated carbocycles. The second-order valence-corrected chi connectivity index (χ2v) is 7.64. The van der Waals surface area contributed by atoms with E-state index in [1.807, 2.05) is 24.3 Å². The maximum atomic E-state index is 12.8. The van der Waals surface area contributed by atoms with Crippen LogP contribution >= 0.6 is 0 Å². The van der Waals surface area contributed by atoms with Gasteiger partial charge < -0.3 is 14.6 Å². The number of Topliss-reactive ketones (excluding diaryl/α,β-unsaturated/α-hetero) is 1. The van der Waals surface area contributed by atoms with Crippen molar-refractivity contribution >= 4 is 11.9 Å². The van der Waals surface area contributed by atoms with E-state index in [4.69, 9.17) is 9.47 Å². The van der Waals surface area contributed by atoms with Gasteiger partial charge in [0.15, 0.2) is 5.76 Å². The third-order valence-electron chi connectivity index (χ3n) is 5.43. The first-order valence-electron chi connectivity index (χ1n) is 9.70. The molecule has 1 atom stereocenters. The molecule has 4 rings (SSSR count). The van der Waals surface area contributed by atoms with Crippen LogP contribution in [0.5, 0.6) is 17.2 Å². The molecule has 0 radical (unpaired) electrons. The largest absolute Gasteiger partial charge is 0.507 e. The third kappa shape index (κ3) is 3.62. The molecule has 0 spiro atoms. The highest BCUT2D eigenvalue weighted by atomic mass is 16.5. The molecule has 2 aliphatic rings. The van der Waals surface area contributed by atoms with E-state index in [-0.39, 0.29) is 17.3 Å². The van der Waals surface area contributed by atoms with Gasteiger partial charge in [0.1, 0.15) is 17.2 Å². The average molecular weight is 379 g/mol. The molecule has 5 nitrogen and oxygen atoms in total. The van der Waals surface area contributed by atoms with E-state index in [9.17, 15) is 9.90 Å². The van der Waals surface area contributed by atoms with Crippen LogP contribution in [0.3, 0.4) is 0 Å². The smallest absolute Gasteiger partial charge is 0.231 e. The number of phenolic OH excluding ortho intramolecular Hbond substituents is 1. The molecule has 0 bridgehead atoms. The SMILES string of the molecule is COc1cccc(/C=C2\Oc3c(ccc(O)c3CN3CCC[C@H](C)C3)C2=O)c1. The lowest BCUT2D eigenvalue weighted by Crippen LogP contribution is -2.33. The maximum Gasteiger partial charge on any atom is 0.231 e. The minimum absolute atomic E-state index is 0.161. The van der Waals surface area contributed by atoms with Crippen molar-refractivity contribution in [3.8, 4) is 17.2 Å². The molecule has 1 saturated heterocycles. The van der Waals surface area contributed by atoms with Crippen LogP contribution < -0.4 is 9.47 Å². The standard InChI is InChI=1S/C23H25NO4/c1-15-5-4-10-24(13-15)14-19-20(25)9-8-18-22(26)21(28-23(18)19)12-16-6-3-7-17(11-16)27-2/h3,6-9,11-12,15,25H,4-5,10,13-14H2,1-2H3/b21-12-/t15-/m0/s1. The van der Waals surface area contributed by atoms with Crippen molar-refractivity contribution in [2.45, 2.75) is 26.3 Å². The summed E-state index contributed by atoms with van der Waals surface area (Å²) in [6.45, 7) is 4.81. The Morgan fingerprint density at radius 2 is 2.18 bits per heavy atom. The Kier molecular flexibility index (Phi) is 5.09. The monoisotopic (exact) mass is 379 g/mol. The van der Waals surface area contributed by atoms with Gasteiger partial charge in [0.05, 0.1) is 18.2 Å². The van der Waals surface area contributed by atoms with Gasteiger partial charge >= 0.3 is 0 Å². The average Bonchev–Trinajstić information content (AvgIpc) is 3.00. The first-order chi connectivity index (χ1) is 13.5. The zero-order chi connectivity index (χ0) is 19.7. The minimum atomic E-state index is -0.161. The molecule has 28 heavy (non-hydrogen) atoms. The van der Waals surface area contributed by atoms with E-state index in [1.165, 1.54) is 6.42 Å². The molecule has 2 heterocycles. The second kappa shape index (κ2) is 7.68. The quantitative estimate of drug-likeness (QED) is 0.805. The number of fused-ring (bicyclic) bond motifs is 1. The van der Waals surface area contributed by atoms with Gasteiger partial charge in [0.2, 0.25) is 5.78 Å². The van der Waals surface area contributed by atoms with Crippen LogP contribution in [0.15, 0.2) is 42.2 Å². The zero-order valence-corrected chi connectivity index (χ0v) is 16.3. The summed E-state index contributed by atoms with van der Waals surface area (Å²) < 4.78 is 11.2. The van der Waals surface area contributed by atoms with Gasteiger partial charge in [-0.25, -0.2) is 0 Å². The summed E-state index contributed by atoms with van der Waals surface area (Å²) in [5, 5.41) is 10.4. The van der Waals surface area contributed by atoms with E-state index in [0.717, 1.165) is 30.8 Å². The van der Waals surface area contributed by atoms with E-state index in [2.05, 4.69) is 11.8 Å². The number of hydrogen-bond donors (Lipinski definition) is 1. The molecular formula is C23H25NO4. The Balaban J connectivity index is 1.63. The van der Waals surface area contributed by atoms with Gasteiger partial charge in [-0.05, 0) is 61.2 Å². The predicted molar refractivity (Wildman–Crippen MR) is 108 cm³/mol. The number of piperidine rings is 1. The highest BCUT2D eigenvalue weighted by Gasteiger charge is 2.32.